The summed E-state index contributed by atoms with van der Waals surface area (Å²) in [5.41, 5.74) is 1.20. The van der Waals surface area contributed by atoms with Crippen LogP contribution in [0.4, 0.5) is 4.79 Å². The molecule has 2 saturated carbocycles. The van der Waals surface area contributed by atoms with E-state index in [-0.39, 0.29) is 18.7 Å². The lowest BCUT2D eigenvalue weighted by molar-refractivity contribution is 0.134. The summed E-state index contributed by atoms with van der Waals surface area (Å²) in [5, 5.41) is 13.1. The van der Waals surface area contributed by atoms with Crippen LogP contribution in [0.2, 0.25) is 5.02 Å². The molecule has 0 aliphatic heterocycles. The highest BCUT2D eigenvalue weighted by Crippen LogP contribution is 2.41. The number of benzene rings is 1. The Kier molecular flexibility index (Phi) is 5.12. The Bertz CT molecular complexity index is 558. The van der Waals surface area contributed by atoms with Crippen LogP contribution in [0.3, 0.4) is 0 Å². The van der Waals surface area contributed by atoms with E-state index in [1.807, 2.05) is 30.1 Å². The van der Waals surface area contributed by atoms with E-state index in [0.29, 0.717) is 17.9 Å². The van der Waals surface area contributed by atoms with Gasteiger partial charge < -0.3 is 15.3 Å². The van der Waals surface area contributed by atoms with Crippen LogP contribution in [0.15, 0.2) is 24.3 Å². The molecular formula is C18H25ClN2O2. The van der Waals surface area contributed by atoms with Gasteiger partial charge in [0.25, 0.3) is 0 Å². The van der Waals surface area contributed by atoms with E-state index in [0.717, 1.165) is 37.1 Å². The maximum atomic E-state index is 12.4. The fourth-order valence-corrected chi connectivity index (χ4v) is 3.80. The Morgan fingerprint density at radius 2 is 2.09 bits per heavy atom. The normalized spacial score (nSPS) is 29.9. The molecule has 23 heavy (non-hydrogen) atoms. The number of carbonyl (C=O) groups excluding carboxylic acids is 1. The highest BCUT2D eigenvalue weighted by Gasteiger charge is 2.40. The van der Waals surface area contributed by atoms with Gasteiger partial charge in [0, 0.05) is 36.7 Å². The summed E-state index contributed by atoms with van der Waals surface area (Å²) < 4.78 is 0. The van der Waals surface area contributed by atoms with Gasteiger partial charge in [-0.15, -0.1) is 0 Å². The van der Waals surface area contributed by atoms with Crippen molar-refractivity contribution < 1.29 is 9.90 Å². The van der Waals surface area contributed by atoms with E-state index in [1.165, 1.54) is 5.56 Å². The SMILES string of the molecule is CN(C(=O)NC1CC1c1cccc(Cl)c1)C1CCC(CO)CC1. The van der Waals surface area contributed by atoms with Crippen molar-refractivity contribution in [2.75, 3.05) is 13.7 Å². The molecule has 5 heteroatoms. The predicted octanol–water partition coefficient (Wildman–Crippen LogP) is 3.39. The fraction of sp³-hybridized carbons (Fsp3) is 0.611. The molecular weight excluding hydrogens is 312 g/mol. The Labute approximate surface area is 142 Å². The highest BCUT2D eigenvalue weighted by atomic mass is 35.5. The molecule has 0 heterocycles. The topological polar surface area (TPSA) is 52.6 Å². The minimum absolute atomic E-state index is 0.0203. The number of amides is 2. The zero-order valence-electron chi connectivity index (χ0n) is 13.5. The summed E-state index contributed by atoms with van der Waals surface area (Å²) in [6.07, 6.45) is 4.97. The maximum absolute atomic E-state index is 12.4. The lowest BCUT2D eigenvalue weighted by Gasteiger charge is -2.34. The lowest BCUT2D eigenvalue weighted by atomic mass is 9.86. The minimum atomic E-state index is 0.0203. The summed E-state index contributed by atoms with van der Waals surface area (Å²) in [4.78, 5) is 14.3. The first kappa shape index (κ1) is 16.6. The molecule has 2 atom stereocenters. The van der Waals surface area contributed by atoms with Crippen molar-refractivity contribution in [2.24, 2.45) is 5.92 Å². The predicted molar refractivity (Wildman–Crippen MR) is 91.7 cm³/mol. The molecule has 1 aromatic rings. The van der Waals surface area contributed by atoms with Crippen LogP contribution >= 0.6 is 11.6 Å². The number of hydrogen-bond donors (Lipinski definition) is 2. The van der Waals surface area contributed by atoms with Gasteiger partial charge in [-0.2, -0.15) is 0 Å². The van der Waals surface area contributed by atoms with E-state index >= 15 is 0 Å². The second-order valence-electron chi connectivity index (χ2n) is 6.92. The van der Waals surface area contributed by atoms with Crippen LogP contribution in [0.5, 0.6) is 0 Å². The number of halogens is 1. The average Bonchev–Trinajstić information content (AvgIpc) is 3.33. The molecule has 2 aliphatic rings. The van der Waals surface area contributed by atoms with Crippen molar-refractivity contribution in [2.45, 2.75) is 50.1 Å². The summed E-state index contributed by atoms with van der Waals surface area (Å²) in [7, 11) is 1.88. The van der Waals surface area contributed by atoms with Crippen molar-refractivity contribution >= 4 is 17.6 Å². The van der Waals surface area contributed by atoms with E-state index in [2.05, 4.69) is 11.4 Å². The molecule has 4 nitrogen and oxygen atoms in total. The summed E-state index contributed by atoms with van der Waals surface area (Å²) in [6, 6.07) is 8.42. The zero-order valence-corrected chi connectivity index (χ0v) is 14.3. The van der Waals surface area contributed by atoms with E-state index in [1.54, 1.807) is 0 Å². The number of urea groups is 1. The van der Waals surface area contributed by atoms with Gasteiger partial charge in [0.05, 0.1) is 0 Å². The summed E-state index contributed by atoms with van der Waals surface area (Å²) in [6.45, 7) is 0.270. The number of rotatable bonds is 4. The van der Waals surface area contributed by atoms with Gasteiger partial charge >= 0.3 is 6.03 Å². The summed E-state index contributed by atoms with van der Waals surface area (Å²) >= 11 is 6.03. The molecule has 0 aromatic heterocycles. The molecule has 2 unspecified atom stereocenters. The van der Waals surface area contributed by atoms with Crippen LogP contribution in [0.25, 0.3) is 0 Å². The van der Waals surface area contributed by atoms with Crippen LogP contribution in [-0.2, 0) is 0 Å². The quantitative estimate of drug-likeness (QED) is 0.885. The van der Waals surface area contributed by atoms with Gasteiger partial charge in [0.1, 0.15) is 0 Å². The van der Waals surface area contributed by atoms with Gasteiger partial charge in [-0.3, -0.25) is 0 Å². The molecule has 2 amide bonds. The molecule has 0 bridgehead atoms. The number of aliphatic hydroxyl groups excluding tert-OH is 1. The first-order chi connectivity index (χ1) is 11.1. The second-order valence-corrected chi connectivity index (χ2v) is 7.36. The van der Waals surface area contributed by atoms with Gasteiger partial charge in [0.2, 0.25) is 0 Å². The molecule has 2 N–H and O–H groups in total. The smallest absolute Gasteiger partial charge is 0.317 e. The van der Waals surface area contributed by atoms with Crippen LogP contribution < -0.4 is 5.32 Å². The van der Waals surface area contributed by atoms with Crippen molar-refractivity contribution in [3.05, 3.63) is 34.9 Å². The van der Waals surface area contributed by atoms with Gasteiger partial charge in [-0.1, -0.05) is 23.7 Å². The van der Waals surface area contributed by atoms with Gasteiger partial charge in [0.15, 0.2) is 0 Å². The molecule has 3 rings (SSSR count). The van der Waals surface area contributed by atoms with E-state index < -0.39 is 0 Å². The third kappa shape index (κ3) is 3.99. The Balaban J connectivity index is 1.48. The fourth-order valence-electron chi connectivity index (χ4n) is 3.60. The van der Waals surface area contributed by atoms with Crippen LogP contribution in [0.1, 0.15) is 43.6 Å². The molecule has 0 spiro atoms. The Morgan fingerprint density at radius 1 is 1.35 bits per heavy atom. The standard InChI is InChI=1S/C18H25ClN2O2/c1-21(15-7-5-12(11-22)6-8-15)18(23)20-17-10-16(17)13-3-2-4-14(19)9-13/h2-4,9,12,15-17,22H,5-8,10-11H2,1H3,(H,20,23). The number of carbonyl (C=O) groups is 1. The molecule has 2 aliphatic carbocycles. The largest absolute Gasteiger partial charge is 0.396 e. The number of nitrogens with zero attached hydrogens (tertiary/aromatic N) is 1. The molecule has 2 fully saturated rings. The monoisotopic (exact) mass is 336 g/mol. The first-order valence-corrected chi connectivity index (χ1v) is 8.86. The van der Waals surface area contributed by atoms with Crippen molar-refractivity contribution in [1.82, 2.24) is 10.2 Å². The third-order valence-electron chi connectivity index (χ3n) is 5.32. The van der Waals surface area contributed by atoms with Crippen molar-refractivity contribution in [3.8, 4) is 0 Å². The molecule has 1 aromatic carbocycles. The van der Waals surface area contributed by atoms with Gasteiger partial charge in [-0.05, 0) is 55.7 Å². The number of hydrogen-bond acceptors (Lipinski definition) is 2. The van der Waals surface area contributed by atoms with E-state index in [9.17, 15) is 9.90 Å². The lowest BCUT2D eigenvalue weighted by Crippen LogP contribution is -2.46. The zero-order chi connectivity index (χ0) is 16.4. The molecule has 126 valence electrons. The Morgan fingerprint density at radius 3 is 2.74 bits per heavy atom. The highest BCUT2D eigenvalue weighted by molar-refractivity contribution is 6.30. The molecule has 0 saturated heterocycles. The van der Waals surface area contributed by atoms with Crippen LogP contribution in [-0.4, -0.2) is 41.8 Å². The first-order valence-electron chi connectivity index (χ1n) is 8.48. The second kappa shape index (κ2) is 7.10. The van der Waals surface area contributed by atoms with Crippen LogP contribution in [0, 0.1) is 5.92 Å². The molecule has 0 radical (unpaired) electrons. The summed E-state index contributed by atoms with van der Waals surface area (Å²) in [5.74, 6) is 0.800. The van der Waals surface area contributed by atoms with E-state index in [4.69, 9.17) is 11.6 Å². The third-order valence-corrected chi connectivity index (χ3v) is 5.55. The van der Waals surface area contributed by atoms with Crippen molar-refractivity contribution in [3.63, 3.8) is 0 Å². The number of nitrogens with one attached hydrogen (secondary N) is 1. The average molecular weight is 337 g/mol. The number of aliphatic hydroxyl groups is 1. The maximum Gasteiger partial charge on any atom is 0.317 e. The van der Waals surface area contributed by atoms with Crippen molar-refractivity contribution in [1.29, 1.82) is 0 Å². The Hall–Kier alpha value is -1.26. The minimum Gasteiger partial charge on any atom is -0.396 e. The van der Waals surface area contributed by atoms with Gasteiger partial charge in [-0.25, -0.2) is 4.79 Å².